The molecule has 0 spiro atoms. The molecule has 212 valence electrons. The van der Waals surface area contributed by atoms with Crippen molar-refractivity contribution in [2.75, 3.05) is 6.54 Å². The van der Waals surface area contributed by atoms with Gasteiger partial charge in [-0.3, -0.25) is 14.4 Å². The molecule has 0 heterocycles. The monoisotopic (exact) mass is 557 g/mol. The van der Waals surface area contributed by atoms with E-state index in [4.69, 9.17) is 11.0 Å². The van der Waals surface area contributed by atoms with Crippen molar-refractivity contribution in [2.24, 2.45) is 29.4 Å². The van der Waals surface area contributed by atoms with Crippen LogP contribution in [0.5, 0.6) is 5.75 Å². The molecule has 4 atom stereocenters. The van der Waals surface area contributed by atoms with Crippen LogP contribution in [0.25, 0.3) is 16.9 Å². The van der Waals surface area contributed by atoms with E-state index in [1.807, 2.05) is 30.3 Å². The first-order valence-corrected chi connectivity index (χ1v) is 13.4. The van der Waals surface area contributed by atoms with E-state index in [-0.39, 0.29) is 36.3 Å². The summed E-state index contributed by atoms with van der Waals surface area (Å²) >= 11 is 0. The Morgan fingerprint density at radius 3 is 2.44 bits per heavy atom. The minimum absolute atomic E-state index is 0.0507. The zero-order valence-corrected chi connectivity index (χ0v) is 22.6. The van der Waals surface area contributed by atoms with Crippen LogP contribution in [0.2, 0.25) is 0 Å². The van der Waals surface area contributed by atoms with Crippen molar-refractivity contribution in [3.63, 3.8) is 0 Å². The second kappa shape index (κ2) is 10.2. The number of hydrogen-bond acceptors (Lipinski definition) is 9. The molecule has 2 aromatic rings. The van der Waals surface area contributed by atoms with E-state index in [1.54, 1.807) is 19.9 Å². The number of nitrogens with two attached hydrogens (primary N) is 1. The normalized spacial score (nSPS) is 25.5. The minimum Gasteiger partial charge on any atom is -0.508 e. The molecule has 10 heteroatoms. The van der Waals surface area contributed by atoms with Crippen LogP contribution in [-0.2, 0) is 27.3 Å². The molecule has 0 saturated heterocycles. The van der Waals surface area contributed by atoms with Crippen LogP contribution in [0.1, 0.15) is 37.0 Å². The van der Waals surface area contributed by atoms with Crippen LogP contribution in [0.3, 0.4) is 0 Å². The maximum atomic E-state index is 14.0. The summed E-state index contributed by atoms with van der Waals surface area (Å²) in [6.45, 7) is 4.18. The number of aliphatic hydroxyl groups excluding tert-OH is 2. The number of benzene rings is 2. The lowest BCUT2D eigenvalue weighted by atomic mass is 9.54. The quantitative estimate of drug-likeness (QED) is 0.176. The largest absolute Gasteiger partial charge is 0.508 e. The number of nitrogens with zero attached hydrogens (tertiary/aromatic N) is 1. The Hall–Kier alpha value is -4.46. The van der Waals surface area contributed by atoms with Gasteiger partial charge in [0.25, 0.3) is 5.91 Å². The number of phenols is 1. The number of phenolic OH excluding ortho intramolecular Hbond substituents is 1. The molecule has 1 saturated carbocycles. The smallest absolute Gasteiger partial charge is 0.255 e. The summed E-state index contributed by atoms with van der Waals surface area (Å²) < 4.78 is 0. The molecule has 0 unspecified atom stereocenters. The van der Waals surface area contributed by atoms with Crippen LogP contribution in [-0.4, -0.2) is 50.0 Å². The van der Waals surface area contributed by atoms with Crippen molar-refractivity contribution in [3.8, 4) is 22.9 Å². The van der Waals surface area contributed by atoms with Crippen LogP contribution in [0.4, 0.5) is 0 Å². The first-order chi connectivity index (χ1) is 19.4. The molecule has 41 heavy (non-hydrogen) atoms. The Morgan fingerprint density at radius 2 is 1.83 bits per heavy atom. The fourth-order valence-electron chi connectivity index (χ4n) is 6.82. The highest BCUT2D eigenvalue weighted by molar-refractivity contribution is 6.23. The zero-order chi connectivity index (χ0) is 29.8. The standard InChI is InChI=1S/C31H31N3O7/c1-14(2)22-20-12-17-11-19-18(16-5-3-15(4-6-16)13-34-10-9-32)7-8-21(35)24(19)27(37)23(17)28(38)31(20,41)29(39)25(26(22)36)30(33)40/h3-8,14,17,20,22,34-35,37,39,41H,10-13H2,1-2H3,(H2,33,40)/t17-,20-,22-,31-/m0/s1. The van der Waals surface area contributed by atoms with E-state index < -0.39 is 63.8 Å². The van der Waals surface area contributed by atoms with Gasteiger partial charge < -0.3 is 31.5 Å². The van der Waals surface area contributed by atoms with Gasteiger partial charge in [-0.1, -0.05) is 44.2 Å². The van der Waals surface area contributed by atoms with Gasteiger partial charge in [0.2, 0.25) is 5.78 Å². The molecule has 2 aromatic carbocycles. The van der Waals surface area contributed by atoms with E-state index in [0.29, 0.717) is 12.1 Å². The van der Waals surface area contributed by atoms with Gasteiger partial charge in [0.15, 0.2) is 11.4 Å². The van der Waals surface area contributed by atoms with Crippen molar-refractivity contribution in [1.29, 1.82) is 5.26 Å². The maximum absolute atomic E-state index is 14.0. The second-order valence-electron chi connectivity index (χ2n) is 11.3. The highest BCUT2D eigenvalue weighted by atomic mass is 16.3. The Balaban J connectivity index is 1.63. The Morgan fingerprint density at radius 1 is 1.15 bits per heavy atom. The molecule has 0 radical (unpaired) electrons. The van der Waals surface area contributed by atoms with Gasteiger partial charge in [-0.05, 0) is 53.0 Å². The number of carbonyl (C=O) groups is 3. The molecule has 5 rings (SSSR count). The third-order valence-electron chi connectivity index (χ3n) is 8.65. The molecular formula is C31H31N3O7. The third-order valence-corrected chi connectivity index (χ3v) is 8.65. The lowest BCUT2D eigenvalue weighted by Gasteiger charge is -2.50. The van der Waals surface area contributed by atoms with Gasteiger partial charge in [-0.25, -0.2) is 0 Å². The minimum atomic E-state index is -2.63. The maximum Gasteiger partial charge on any atom is 0.255 e. The number of Topliss-reactive ketones (excluding diaryl/α,β-unsaturated/α-hetero) is 2. The average molecular weight is 558 g/mol. The van der Waals surface area contributed by atoms with Crippen molar-refractivity contribution in [2.45, 2.75) is 38.8 Å². The summed E-state index contributed by atoms with van der Waals surface area (Å²) in [6, 6.07) is 12.7. The molecule has 1 amide bonds. The molecule has 3 aliphatic rings. The van der Waals surface area contributed by atoms with E-state index in [9.17, 15) is 34.8 Å². The molecule has 10 nitrogen and oxygen atoms in total. The topological polar surface area (TPSA) is 194 Å². The van der Waals surface area contributed by atoms with Gasteiger partial charge in [-0.15, -0.1) is 0 Å². The van der Waals surface area contributed by atoms with E-state index in [1.165, 1.54) is 6.07 Å². The van der Waals surface area contributed by atoms with E-state index in [2.05, 4.69) is 5.32 Å². The summed E-state index contributed by atoms with van der Waals surface area (Å²) in [5, 5.41) is 56.7. The number of nitrogens with one attached hydrogen (secondary N) is 1. The number of ketones is 2. The fourth-order valence-corrected chi connectivity index (χ4v) is 6.82. The van der Waals surface area contributed by atoms with Crippen molar-refractivity contribution in [1.82, 2.24) is 5.32 Å². The molecule has 3 aliphatic carbocycles. The van der Waals surface area contributed by atoms with Gasteiger partial charge in [-0.2, -0.15) is 5.26 Å². The summed E-state index contributed by atoms with van der Waals surface area (Å²) in [6.07, 6.45) is 0.277. The number of aromatic hydroxyl groups is 1. The number of aliphatic hydroxyl groups is 3. The number of fused-ring (bicyclic) bond motifs is 3. The number of nitriles is 1. The SMILES string of the molecule is CC(C)[C@@H]1C(=O)C(C(N)=O)=C(O)[C@@]2(O)C(=O)C3=C(O)c4c(O)ccc(-c5ccc(CNCC#N)cc5)c4C[C@H]3C[C@@H]12. The van der Waals surface area contributed by atoms with Gasteiger partial charge in [0, 0.05) is 24.0 Å². The van der Waals surface area contributed by atoms with Crippen LogP contribution in [0, 0.1) is 35.0 Å². The highest BCUT2D eigenvalue weighted by Gasteiger charge is 2.64. The number of carbonyl (C=O) groups excluding carboxylic acids is 3. The van der Waals surface area contributed by atoms with E-state index in [0.717, 1.165) is 16.7 Å². The van der Waals surface area contributed by atoms with Crippen molar-refractivity contribution in [3.05, 3.63) is 70.0 Å². The summed E-state index contributed by atoms with van der Waals surface area (Å²) in [4.78, 5) is 39.4. The first-order valence-electron chi connectivity index (χ1n) is 13.4. The molecule has 0 aliphatic heterocycles. The fraction of sp³-hybridized carbons (Fsp3) is 0.355. The third kappa shape index (κ3) is 4.20. The Labute approximate surface area is 236 Å². The van der Waals surface area contributed by atoms with Crippen LogP contribution < -0.4 is 11.1 Å². The predicted octanol–water partition coefficient (Wildman–Crippen LogP) is 2.59. The van der Waals surface area contributed by atoms with Gasteiger partial charge in [0.05, 0.1) is 18.2 Å². The molecule has 0 bridgehead atoms. The zero-order valence-electron chi connectivity index (χ0n) is 22.6. The van der Waals surface area contributed by atoms with Crippen molar-refractivity contribution < 1.29 is 34.8 Å². The molecule has 1 fully saturated rings. The van der Waals surface area contributed by atoms with Gasteiger partial charge >= 0.3 is 0 Å². The number of rotatable bonds is 6. The molecule has 7 N–H and O–H groups in total. The lowest BCUT2D eigenvalue weighted by Crippen LogP contribution is -2.62. The second-order valence-corrected chi connectivity index (χ2v) is 11.3. The Kier molecular flexibility index (Phi) is 6.97. The predicted molar refractivity (Wildman–Crippen MR) is 148 cm³/mol. The van der Waals surface area contributed by atoms with Crippen molar-refractivity contribution >= 4 is 23.2 Å². The first kappa shape index (κ1) is 28.1. The average Bonchev–Trinajstić information content (AvgIpc) is 2.91. The number of hydrogen-bond donors (Lipinski definition) is 6. The highest BCUT2D eigenvalue weighted by Crippen LogP contribution is 2.55. The Bertz CT molecular complexity index is 1580. The van der Waals surface area contributed by atoms with Crippen LogP contribution in [0.15, 0.2) is 53.3 Å². The summed E-state index contributed by atoms with van der Waals surface area (Å²) in [5.74, 6) is -7.92. The molecule has 0 aromatic heterocycles. The number of amides is 1. The van der Waals surface area contributed by atoms with Gasteiger partial charge in [0.1, 0.15) is 22.8 Å². The summed E-state index contributed by atoms with van der Waals surface area (Å²) in [7, 11) is 0. The molecular weight excluding hydrogens is 526 g/mol. The summed E-state index contributed by atoms with van der Waals surface area (Å²) in [5.41, 5.74) is 4.92. The lowest BCUT2D eigenvalue weighted by molar-refractivity contribution is -0.155. The number of primary amides is 1. The van der Waals surface area contributed by atoms with E-state index >= 15 is 0 Å². The van der Waals surface area contributed by atoms with Crippen LogP contribution >= 0.6 is 0 Å².